The summed E-state index contributed by atoms with van der Waals surface area (Å²) in [4.78, 5) is 2.41. The van der Waals surface area contributed by atoms with E-state index < -0.39 is 0 Å². The van der Waals surface area contributed by atoms with E-state index in [-0.39, 0.29) is 0 Å². The van der Waals surface area contributed by atoms with Crippen molar-refractivity contribution < 1.29 is 5.11 Å². The fourth-order valence-corrected chi connectivity index (χ4v) is 3.07. The Hall–Kier alpha value is -1.06. The van der Waals surface area contributed by atoms with Crippen LogP contribution in [0.4, 0.5) is 5.69 Å². The molecule has 17 heavy (non-hydrogen) atoms. The SMILES string of the molecule is OCC1CCCN1Cc1cccc2c1NCC2. The number of nitrogens with zero attached hydrogens (tertiary/aromatic N) is 1. The lowest BCUT2D eigenvalue weighted by molar-refractivity contribution is 0.154. The lowest BCUT2D eigenvalue weighted by Crippen LogP contribution is -2.31. The summed E-state index contributed by atoms with van der Waals surface area (Å²) in [5.74, 6) is 0. The van der Waals surface area contributed by atoms with Gasteiger partial charge in [0.25, 0.3) is 0 Å². The third kappa shape index (κ3) is 2.05. The number of para-hydroxylation sites is 1. The van der Waals surface area contributed by atoms with Crippen molar-refractivity contribution in [2.45, 2.75) is 31.8 Å². The van der Waals surface area contributed by atoms with Crippen molar-refractivity contribution in [1.82, 2.24) is 4.90 Å². The van der Waals surface area contributed by atoms with E-state index in [9.17, 15) is 5.11 Å². The highest BCUT2D eigenvalue weighted by Gasteiger charge is 2.25. The number of fused-ring (bicyclic) bond motifs is 1. The monoisotopic (exact) mass is 232 g/mol. The molecule has 0 bridgehead atoms. The van der Waals surface area contributed by atoms with Crippen molar-refractivity contribution in [2.75, 3.05) is 25.0 Å². The third-order valence-electron chi connectivity index (χ3n) is 4.02. The molecule has 2 aliphatic rings. The molecule has 0 saturated carbocycles. The Morgan fingerprint density at radius 2 is 2.35 bits per heavy atom. The van der Waals surface area contributed by atoms with Crippen LogP contribution in [0.25, 0.3) is 0 Å². The van der Waals surface area contributed by atoms with Gasteiger partial charge in [-0.15, -0.1) is 0 Å². The molecule has 1 fully saturated rings. The second kappa shape index (κ2) is 4.67. The summed E-state index contributed by atoms with van der Waals surface area (Å²) in [5, 5.41) is 12.8. The van der Waals surface area contributed by atoms with Gasteiger partial charge in [-0.3, -0.25) is 4.90 Å². The summed E-state index contributed by atoms with van der Waals surface area (Å²) in [7, 11) is 0. The number of hydrogen-bond acceptors (Lipinski definition) is 3. The van der Waals surface area contributed by atoms with Crippen molar-refractivity contribution in [3.63, 3.8) is 0 Å². The molecule has 0 aromatic heterocycles. The molecule has 3 rings (SSSR count). The van der Waals surface area contributed by atoms with Crippen LogP contribution in [-0.2, 0) is 13.0 Å². The smallest absolute Gasteiger partial charge is 0.0587 e. The van der Waals surface area contributed by atoms with Crippen molar-refractivity contribution in [2.24, 2.45) is 0 Å². The minimum atomic E-state index is 0.294. The van der Waals surface area contributed by atoms with Gasteiger partial charge in [0.1, 0.15) is 0 Å². The maximum atomic E-state index is 9.35. The molecule has 0 spiro atoms. The van der Waals surface area contributed by atoms with Gasteiger partial charge in [0.05, 0.1) is 6.61 Å². The van der Waals surface area contributed by atoms with Gasteiger partial charge in [-0.05, 0) is 36.9 Å². The Morgan fingerprint density at radius 1 is 1.41 bits per heavy atom. The summed E-state index contributed by atoms with van der Waals surface area (Å²) >= 11 is 0. The minimum absolute atomic E-state index is 0.294. The topological polar surface area (TPSA) is 35.5 Å². The first-order valence-electron chi connectivity index (χ1n) is 6.58. The van der Waals surface area contributed by atoms with E-state index >= 15 is 0 Å². The fourth-order valence-electron chi connectivity index (χ4n) is 3.07. The van der Waals surface area contributed by atoms with Gasteiger partial charge in [0.2, 0.25) is 0 Å². The van der Waals surface area contributed by atoms with E-state index in [1.807, 2.05) is 0 Å². The second-order valence-electron chi connectivity index (χ2n) is 5.08. The van der Waals surface area contributed by atoms with Gasteiger partial charge >= 0.3 is 0 Å². The average Bonchev–Trinajstić information content (AvgIpc) is 2.97. The van der Waals surface area contributed by atoms with Crippen molar-refractivity contribution in [1.29, 1.82) is 0 Å². The zero-order chi connectivity index (χ0) is 11.7. The zero-order valence-electron chi connectivity index (χ0n) is 10.2. The van der Waals surface area contributed by atoms with Crippen molar-refractivity contribution in [3.8, 4) is 0 Å². The molecule has 1 unspecified atom stereocenters. The van der Waals surface area contributed by atoms with Crippen LogP contribution in [0.3, 0.4) is 0 Å². The molecule has 2 heterocycles. The Bertz CT molecular complexity index is 405. The third-order valence-corrected chi connectivity index (χ3v) is 4.02. The predicted molar refractivity (Wildman–Crippen MR) is 69.2 cm³/mol. The molecule has 1 atom stereocenters. The summed E-state index contributed by atoms with van der Waals surface area (Å²) < 4.78 is 0. The molecular formula is C14H20N2O. The first-order valence-corrected chi connectivity index (χ1v) is 6.58. The van der Waals surface area contributed by atoms with E-state index in [1.165, 1.54) is 23.2 Å². The van der Waals surface area contributed by atoms with Gasteiger partial charge in [0.15, 0.2) is 0 Å². The minimum Gasteiger partial charge on any atom is -0.395 e. The second-order valence-corrected chi connectivity index (χ2v) is 5.08. The van der Waals surface area contributed by atoms with Crippen LogP contribution in [-0.4, -0.2) is 35.7 Å². The van der Waals surface area contributed by atoms with Gasteiger partial charge < -0.3 is 10.4 Å². The normalized spacial score (nSPS) is 23.7. The molecule has 2 N–H and O–H groups in total. The highest BCUT2D eigenvalue weighted by molar-refractivity contribution is 5.61. The summed E-state index contributed by atoms with van der Waals surface area (Å²) in [5.41, 5.74) is 4.18. The van der Waals surface area contributed by atoms with Crippen LogP contribution < -0.4 is 5.32 Å². The van der Waals surface area contributed by atoms with Crippen LogP contribution >= 0.6 is 0 Å². The molecule has 0 amide bonds. The fraction of sp³-hybridized carbons (Fsp3) is 0.571. The highest BCUT2D eigenvalue weighted by Crippen LogP contribution is 2.29. The molecular weight excluding hydrogens is 212 g/mol. The van der Waals surface area contributed by atoms with E-state index in [2.05, 4.69) is 28.4 Å². The Morgan fingerprint density at radius 3 is 3.24 bits per heavy atom. The number of rotatable bonds is 3. The molecule has 0 aliphatic carbocycles. The molecule has 1 aromatic carbocycles. The number of aliphatic hydroxyl groups is 1. The first-order chi connectivity index (χ1) is 8.38. The van der Waals surface area contributed by atoms with E-state index in [4.69, 9.17) is 0 Å². The quantitative estimate of drug-likeness (QED) is 0.831. The van der Waals surface area contributed by atoms with Crippen LogP contribution in [0.2, 0.25) is 0 Å². The molecule has 1 saturated heterocycles. The number of hydrogen-bond donors (Lipinski definition) is 2. The highest BCUT2D eigenvalue weighted by atomic mass is 16.3. The van der Waals surface area contributed by atoms with Crippen LogP contribution in [0.5, 0.6) is 0 Å². The first kappa shape index (κ1) is 11.1. The summed E-state index contributed by atoms with van der Waals surface area (Å²) in [6.07, 6.45) is 3.50. The number of benzene rings is 1. The number of anilines is 1. The van der Waals surface area contributed by atoms with Crippen molar-refractivity contribution in [3.05, 3.63) is 29.3 Å². The molecule has 3 heteroatoms. The van der Waals surface area contributed by atoms with Crippen LogP contribution in [0.15, 0.2) is 18.2 Å². The number of likely N-dealkylation sites (tertiary alicyclic amines) is 1. The van der Waals surface area contributed by atoms with Crippen molar-refractivity contribution >= 4 is 5.69 Å². The molecule has 0 radical (unpaired) electrons. The predicted octanol–water partition coefficient (Wildman–Crippen LogP) is 1.61. The van der Waals surface area contributed by atoms with Gasteiger partial charge in [-0.1, -0.05) is 18.2 Å². The summed E-state index contributed by atoms with van der Waals surface area (Å²) in [6.45, 7) is 3.45. The zero-order valence-corrected chi connectivity index (χ0v) is 10.2. The maximum absolute atomic E-state index is 9.35. The van der Waals surface area contributed by atoms with Gasteiger partial charge in [-0.25, -0.2) is 0 Å². The Labute approximate surface area is 102 Å². The number of nitrogens with one attached hydrogen (secondary N) is 1. The van der Waals surface area contributed by atoms with Gasteiger partial charge in [0, 0.05) is 24.8 Å². The standard InChI is InChI=1S/C14H20N2O/c17-10-13-5-2-8-16(13)9-12-4-1-3-11-6-7-15-14(11)12/h1,3-4,13,15,17H,2,5-10H2. The van der Waals surface area contributed by atoms with E-state index in [1.54, 1.807) is 0 Å². The van der Waals surface area contributed by atoms with Gasteiger partial charge in [-0.2, -0.15) is 0 Å². The molecule has 2 aliphatic heterocycles. The lowest BCUT2D eigenvalue weighted by atomic mass is 10.1. The molecule has 1 aromatic rings. The number of aliphatic hydroxyl groups excluding tert-OH is 1. The summed E-state index contributed by atoms with van der Waals surface area (Å²) in [6, 6.07) is 6.95. The van der Waals surface area contributed by atoms with Crippen LogP contribution in [0, 0.1) is 0 Å². The largest absolute Gasteiger partial charge is 0.395 e. The average molecular weight is 232 g/mol. The van der Waals surface area contributed by atoms with Crippen LogP contribution in [0.1, 0.15) is 24.0 Å². The molecule has 3 nitrogen and oxygen atoms in total. The van der Waals surface area contributed by atoms with E-state index in [0.29, 0.717) is 12.6 Å². The molecule has 92 valence electrons. The van der Waals surface area contributed by atoms with E-state index in [0.717, 1.165) is 32.5 Å². The lowest BCUT2D eigenvalue weighted by Gasteiger charge is -2.23. The Balaban J connectivity index is 1.79. The Kier molecular flexibility index (Phi) is 3.04. The maximum Gasteiger partial charge on any atom is 0.0587 e.